The van der Waals surface area contributed by atoms with Crippen LogP contribution in [0, 0.1) is 12.3 Å². The van der Waals surface area contributed by atoms with Crippen molar-refractivity contribution in [1.29, 1.82) is 0 Å². The van der Waals surface area contributed by atoms with Gasteiger partial charge in [0.2, 0.25) is 0 Å². The Morgan fingerprint density at radius 3 is 2.80 bits per heavy atom. The second kappa shape index (κ2) is 2.61. The molecule has 0 N–H and O–H groups in total. The summed E-state index contributed by atoms with van der Waals surface area (Å²) in [4.78, 5) is 0. The van der Waals surface area contributed by atoms with Crippen LogP contribution in [0.15, 0.2) is 0 Å². The molecule has 1 aliphatic rings. The number of ether oxygens (including phenoxy) is 2. The normalized spacial score (nSPS) is 29.9. The van der Waals surface area contributed by atoms with Gasteiger partial charge in [-0.1, -0.05) is 0 Å². The average molecular weight is 140 g/mol. The summed E-state index contributed by atoms with van der Waals surface area (Å²) in [5.74, 6) is 2.11. The van der Waals surface area contributed by atoms with E-state index in [1.54, 1.807) is 0 Å². The smallest absolute Gasteiger partial charge is 0.163 e. The van der Waals surface area contributed by atoms with Crippen LogP contribution < -0.4 is 0 Å². The van der Waals surface area contributed by atoms with Gasteiger partial charge in [0, 0.05) is 6.42 Å². The lowest BCUT2D eigenvalue weighted by Crippen LogP contribution is -2.21. The Bertz CT molecular complexity index is 155. The van der Waals surface area contributed by atoms with Crippen molar-refractivity contribution in [3.63, 3.8) is 0 Å². The van der Waals surface area contributed by atoms with Crippen molar-refractivity contribution in [1.82, 2.24) is 0 Å². The van der Waals surface area contributed by atoms with Gasteiger partial charge >= 0.3 is 0 Å². The van der Waals surface area contributed by atoms with Gasteiger partial charge in [-0.2, -0.15) is 0 Å². The van der Waals surface area contributed by atoms with Crippen LogP contribution in [0.3, 0.4) is 0 Å². The van der Waals surface area contributed by atoms with E-state index in [1.165, 1.54) is 0 Å². The summed E-state index contributed by atoms with van der Waals surface area (Å²) in [6.45, 7) is 4.41. The number of hydrogen-bond acceptors (Lipinski definition) is 2. The van der Waals surface area contributed by atoms with Crippen LogP contribution in [0.1, 0.15) is 20.3 Å². The van der Waals surface area contributed by atoms with Crippen molar-refractivity contribution >= 4 is 0 Å². The van der Waals surface area contributed by atoms with Crippen LogP contribution in [-0.2, 0) is 9.47 Å². The molecule has 1 rings (SSSR count). The highest BCUT2D eigenvalue weighted by molar-refractivity contribution is 4.89. The van der Waals surface area contributed by atoms with E-state index in [9.17, 15) is 0 Å². The molecule has 0 saturated carbocycles. The third-order valence-electron chi connectivity index (χ3n) is 1.41. The highest BCUT2D eigenvalue weighted by Crippen LogP contribution is 2.23. The molecule has 0 aliphatic carbocycles. The van der Waals surface area contributed by atoms with E-state index in [0.717, 1.165) is 0 Å². The first-order valence-corrected chi connectivity index (χ1v) is 3.39. The Morgan fingerprint density at radius 2 is 2.40 bits per heavy atom. The molecule has 1 unspecified atom stereocenters. The predicted octanol–water partition coefficient (Wildman–Crippen LogP) is 1.16. The van der Waals surface area contributed by atoms with Crippen molar-refractivity contribution in [2.24, 2.45) is 0 Å². The molecule has 0 amide bonds. The first kappa shape index (κ1) is 7.59. The molecule has 10 heavy (non-hydrogen) atoms. The summed E-state index contributed by atoms with van der Waals surface area (Å²) in [6.07, 6.45) is 5.85. The maximum absolute atomic E-state index is 5.42. The van der Waals surface area contributed by atoms with Crippen molar-refractivity contribution < 1.29 is 9.47 Å². The van der Waals surface area contributed by atoms with Crippen molar-refractivity contribution in [2.75, 3.05) is 6.61 Å². The minimum atomic E-state index is -0.429. The van der Waals surface area contributed by atoms with Gasteiger partial charge in [-0.15, -0.1) is 12.3 Å². The van der Waals surface area contributed by atoms with E-state index >= 15 is 0 Å². The van der Waals surface area contributed by atoms with Crippen LogP contribution in [0.5, 0.6) is 0 Å². The van der Waals surface area contributed by atoms with Gasteiger partial charge in [-0.05, 0) is 13.8 Å². The molecule has 2 heteroatoms. The largest absolute Gasteiger partial charge is 0.348 e. The molecule has 0 aromatic rings. The summed E-state index contributed by atoms with van der Waals surface area (Å²) >= 11 is 0. The van der Waals surface area contributed by atoms with E-state index in [0.29, 0.717) is 13.0 Å². The topological polar surface area (TPSA) is 18.5 Å². The Morgan fingerprint density at radius 1 is 1.70 bits per heavy atom. The van der Waals surface area contributed by atoms with E-state index in [-0.39, 0.29) is 6.10 Å². The maximum Gasteiger partial charge on any atom is 0.163 e. The molecule has 0 aromatic heterocycles. The van der Waals surface area contributed by atoms with Gasteiger partial charge in [0.15, 0.2) is 5.79 Å². The lowest BCUT2D eigenvalue weighted by molar-refractivity contribution is -0.137. The molecule has 0 aromatic carbocycles. The molecular weight excluding hydrogens is 128 g/mol. The zero-order valence-corrected chi connectivity index (χ0v) is 6.39. The summed E-state index contributed by atoms with van der Waals surface area (Å²) in [7, 11) is 0. The molecule has 1 aliphatic heterocycles. The lowest BCUT2D eigenvalue weighted by atomic mass is 10.3. The van der Waals surface area contributed by atoms with Crippen molar-refractivity contribution in [3.05, 3.63) is 0 Å². The van der Waals surface area contributed by atoms with E-state index in [4.69, 9.17) is 15.9 Å². The zero-order chi connectivity index (χ0) is 7.61. The second-order valence-electron chi connectivity index (χ2n) is 2.86. The Balaban J connectivity index is 2.38. The highest BCUT2D eigenvalue weighted by atomic mass is 16.7. The monoisotopic (exact) mass is 140 g/mol. The highest BCUT2D eigenvalue weighted by Gasteiger charge is 2.31. The van der Waals surface area contributed by atoms with Gasteiger partial charge in [0.05, 0.1) is 12.7 Å². The predicted molar refractivity (Wildman–Crippen MR) is 38.4 cm³/mol. The van der Waals surface area contributed by atoms with Crippen molar-refractivity contribution in [2.45, 2.75) is 32.2 Å². The minimum absolute atomic E-state index is 0.0972. The van der Waals surface area contributed by atoms with E-state index < -0.39 is 5.79 Å². The fourth-order valence-corrected chi connectivity index (χ4v) is 0.995. The fraction of sp³-hybridized carbons (Fsp3) is 0.750. The first-order chi connectivity index (χ1) is 4.64. The Kier molecular flexibility index (Phi) is 1.98. The molecule has 1 heterocycles. The third kappa shape index (κ3) is 1.73. The zero-order valence-electron chi connectivity index (χ0n) is 6.39. The molecule has 0 radical (unpaired) electrons. The van der Waals surface area contributed by atoms with Gasteiger partial charge < -0.3 is 9.47 Å². The molecule has 2 nitrogen and oxygen atoms in total. The molecule has 1 atom stereocenters. The Labute approximate surface area is 61.5 Å². The second-order valence-corrected chi connectivity index (χ2v) is 2.86. The average Bonchev–Trinajstić information content (AvgIpc) is 2.12. The molecule has 56 valence electrons. The summed E-state index contributed by atoms with van der Waals surface area (Å²) < 4.78 is 10.7. The number of hydrogen-bond donors (Lipinski definition) is 0. The first-order valence-electron chi connectivity index (χ1n) is 3.39. The Hall–Kier alpha value is -0.520. The van der Waals surface area contributed by atoms with E-state index in [2.05, 4.69) is 5.92 Å². The SMILES string of the molecule is C#CCC1COC(C)(C)O1. The van der Waals surface area contributed by atoms with Gasteiger partial charge in [0.25, 0.3) is 0 Å². The van der Waals surface area contributed by atoms with Gasteiger partial charge in [-0.3, -0.25) is 0 Å². The van der Waals surface area contributed by atoms with E-state index in [1.807, 2.05) is 13.8 Å². The van der Waals surface area contributed by atoms with Gasteiger partial charge in [-0.25, -0.2) is 0 Å². The molecule has 1 fully saturated rings. The molecular formula is C8H12O2. The third-order valence-corrected chi connectivity index (χ3v) is 1.41. The quantitative estimate of drug-likeness (QED) is 0.509. The number of terminal acetylenes is 1. The fourth-order valence-electron chi connectivity index (χ4n) is 0.995. The summed E-state index contributed by atoms with van der Waals surface area (Å²) in [6, 6.07) is 0. The van der Waals surface area contributed by atoms with Crippen molar-refractivity contribution in [3.8, 4) is 12.3 Å². The summed E-state index contributed by atoms with van der Waals surface area (Å²) in [5.41, 5.74) is 0. The molecule has 0 bridgehead atoms. The van der Waals surface area contributed by atoms with Crippen LogP contribution in [0.25, 0.3) is 0 Å². The molecule has 1 saturated heterocycles. The number of rotatable bonds is 1. The van der Waals surface area contributed by atoms with Crippen LogP contribution >= 0.6 is 0 Å². The summed E-state index contributed by atoms with van der Waals surface area (Å²) in [5, 5.41) is 0. The standard InChI is InChI=1S/C8H12O2/c1-4-5-7-6-9-8(2,3)10-7/h1,7H,5-6H2,2-3H3. The van der Waals surface area contributed by atoms with Crippen LogP contribution in [-0.4, -0.2) is 18.5 Å². The van der Waals surface area contributed by atoms with Gasteiger partial charge in [0.1, 0.15) is 0 Å². The molecule has 0 spiro atoms. The van der Waals surface area contributed by atoms with Crippen LogP contribution in [0.2, 0.25) is 0 Å². The maximum atomic E-state index is 5.42. The lowest BCUT2D eigenvalue weighted by Gasteiger charge is -2.15. The van der Waals surface area contributed by atoms with Crippen LogP contribution in [0.4, 0.5) is 0 Å². The minimum Gasteiger partial charge on any atom is -0.348 e.